The van der Waals surface area contributed by atoms with Crippen LogP contribution in [0.1, 0.15) is 28.8 Å². The van der Waals surface area contributed by atoms with Crippen molar-refractivity contribution in [3.63, 3.8) is 0 Å². The predicted octanol–water partition coefficient (Wildman–Crippen LogP) is 3.89. The molecular weight excluding hydrogens is 337 g/mol. The van der Waals surface area contributed by atoms with Gasteiger partial charge in [-0.05, 0) is 24.5 Å². The van der Waals surface area contributed by atoms with Crippen LogP contribution in [-0.2, 0) is 12.8 Å². The topological polar surface area (TPSA) is 45.2 Å². The Morgan fingerprint density at radius 2 is 2.24 bits per heavy atom. The highest BCUT2D eigenvalue weighted by Gasteiger charge is 2.18. The Kier molecular flexibility index (Phi) is 5.81. The number of rotatable bonds is 5. The van der Waals surface area contributed by atoms with Crippen molar-refractivity contribution in [3.8, 4) is 0 Å². The number of aryl methyl sites for hydroxylation is 1. The van der Waals surface area contributed by atoms with E-state index >= 15 is 0 Å². The van der Waals surface area contributed by atoms with Gasteiger partial charge >= 0.3 is 6.03 Å². The number of aromatic nitrogens is 1. The molecule has 0 unspecified atom stereocenters. The van der Waals surface area contributed by atoms with Gasteiger partial charge in [-0.15, -0.1) is 11.3 Å². The summed E-state index contributed by atoms with van der Waals surface area (Å²) >= 11 is 1.70. The van der Waals surface area contributed by atoms with E-state index in [1.54, 1.807) is 28.4 Å². The van der Waals surface area contributed by atoms with E-state index in [4.69, 9.17) is 0 Å². The number of urea groups is 1. The summed E-state index contributed by atoms with van der Waals surface area (Å²) in [6.45, 7) is 3.80. The highest BCUT2D eigenvalue weighted by Crippen LogP contribution is 2.24. The SMILES string of the molecule is CCc1cnc(CCNC(=O)N2CC=C(c3ccccc3F)CC2)s1. The minimum atomic E-state index is -0.207. The quantitative estimate of drug-likeness (QED) is 0.880. The number of amides is 2. The molecule has 0 saturated heterocycles. The van der Waals surface area contributed by atoms with Gasteiger partial charge in [-0.25, -0.2) is 14.2 Å². The van der Waals surface area contributed by atoms with E-state index in [1.807, 2.05) is 18.3 Å². The van der Waals surface area contributed by atoms with Gasteiger partial charge in [0.05, 0.1) is 5.01 Å². The number of hydrogen-bond donors (Lipinski definition) is 1. The molecule has 4 nitrogen and oxygen atoms in total. The molecule has 1 aromatic carbocycles. The van der Waals surface area contributed by atoms with Crippen LogP contribution < -0.4 is 5.32 Å². The van der Waals surface area contributed by atoms with E-state index in [0.717, 1.165) is 23.4 Å². The molecule has 0 saturated carbocycles. The third kappa shape index (κ3) is 4.45. The first-order valence-electron chi connectivity index (χ1n) is 8.57. The Hall–Kier alpha value is -2.21. The lowest BCUT2D eigenvalue weighted by molar-refractivity contribution is 0.203. The summed E-state index contributed by atoms with van der Waals surface area (Å²) in [6, 6.07) is 6.71. The molecular formula is C19H22FN3OS. The number of hydrogen-bond acceptors (Lipinski definition) is 3. The van der Waals surface area contributed by atoms with E-state index in [-0.39, 0.29) is 11.8 Å². The number of benzene rings is 1. The smallest absolute Gasteiger partial charge is 0.317 e. The Labute approximate surface area is 151 Å². The summed E-state index contributed by atoms with van der Waals surface area (Å²) < 4.78 is 13.8. The molecule has 2 aromatic rings. The molecule has 0 aliphatic carbocycles. The molecule has 3 rings (SSSR count). The van der Waals surface area contributed by atoms with Crippen LogP contribution in [0.4, 0.5) is 9.18 Å². The van der Waals surface area contributed by atoms with Gasteiger partial charge in [-0.2, -0.15) is 0 Å². The second-order valence-electron chi connectivity index (χ2n) is 5.96. The monoisotopic (exact) mass is 359 g/mol. The van der Waals surface area contributed by atoms with Crippen molar-refractivity contribution >= 4 is 22.9 Å². The summed E-state index contributed by atoms with van der Waals surface area (Å²) in [6.07, 6.45) is 6.26. The van der Waals surface area contributed by atoms with Crippen LogP contribution in [-0.4, -0.2) is 35.5 Å². The van der Waals surface area contributed by atoms with Crippen molar-refractivity contribution in [1.82, 2.24) is 15.2 Å². The van der Waals surface area contributed by atoms with Gasteiger partial charge in [0, 0.05) is 42.7 Å². The van der Waals surface area contributed by atoms with Gasteiger partial charge in [-0.3, -0.25) is 0 Å². The number of carbonyl (C=O) groups is 1. The Morgan fingerprint density at radius 3 is 2.92 bits per heavy atom. The zero-order valence-electron chi connectivity index (χ0n) is 14.3. The maximum Gasteiger partial charge on any atom is 0.317 e. The van der Waals surface area contributed by atoms with Gasteiger partial charge < -0.3 is 10.2 Å². The van der Waals surface area contributed by atoms with E-state index < -0.39 is 0 Å². The maximum absolute atomic E-state index is 13.8. The average molecular weight is 359 g/mol. The molecule has 25 heavy (non-hydrogen) atoms. The van der Waals surface area contributed by atoms with Crippen LogP contribution in [0.15, 0.2) is 36.5 Å². The van der Waals surface area contributed by atoms with E-state index in [9.17, 15) is 9.18 Å². The average Bonchev–Trinajstić information content (AvgIpc) is 3.10. The second-order valence-corrected chi connectivity index (χ2v) is 7.16. The van der Waals surface area contributed by atoms with Crippen LogP contribution in [0.5, 0.6) is 0 Å². The summed E-state index contributed by atoms with van der Waals surface area (Å²) in [5.41, 5.74) is 1.61. The first-order chi connectivity index (χ1) is 12.2. The number of carbonyl (C=O) groups excluding carboxylic acids is 1. The largest absolute Gasteiger partial charge is 0.338 e. The van der Waals surface area contributed by atoms with Crippen LogP contribution in [0.25, 0.3) is 5.57 Å². The lowest BCUT2D eigenvalue weighted by Gasteiger charge is -2.27. The minimum absolute atomic E-state index is 0.0731. The molecule has 2 amide bonds. The summed E-state index contributed by atoms with van der Waals surface area (Å²) in [5.74, 6) is -0.207. The highest BCUT2D eigenvalue weighted by molar-refractivity contribution is 7.11. The summed E-state index contributed by atoms with van der Waals surface area (Å²) in [7, 11) is 0. The Bertz CT molecular complexity index is 772. The molecule has 0 fully saturated rings. The van der Waals surface area contributed by atoms with Crippen LogP contribution in [0, 0.1) is 5.82 Å². The van der Waals surface area contributed by atoms with Crippen molar-refractivity contribution in [2.45, 2.75) is 26.2 Å². The Morgan fingerprint density at radius 1 is 1.40 bits per heavy atom. The maximum atomic E-state index is 13.8. The minimum Gasteiger partial charge on any atom is -0.338 e. The molecule has 1 aliphatic heterocycles. The second kappa shape index (κ2) is 8.25. The molecule has 2 heterocycles. The van der Waals surface area contributed by atoms with Crippen LogP contribution in [0.2, 0.25) is 0 Å². The van der Waals surface area contributed by atoms with Gasteiger partial charge in [0.25, 0.3) is 0 Å². The van der Waals surface area contributed by atoms with Gasteiger partial charge in [0.1, 0.15) is 5.82 Å². The number of nitrogens with zero attached hydrogens (tertiary/aromatic N) is 2. The first kappa shape index (κ1) is 17.6. The highest BCUT2D eigenvalue weighted by atomic mass is 32.1. The van der Waals surface area contributed by atoms with Crippen molar-refractivity contribution in [2.75, 3.05) is 19.6 Å². The molecule has 0 atom stereocenters. The lowest BCUT2D eigenvalue weighted by atomic mass is 9.99. The molecule has 1 N–H and O–H groups in total. The van der Waals surface area contributed by atoms with Gasteiger partial charge in [-0.1, -0.05) is 31.2 Å². The van der Waals surface area contributed by atoms with Crippen LogP contribution in [0.3, 0.4) is 0 Å². The number of halogens is 1. The van der Waals surface area contributed by atoms with Gasteiger partial charge in [0.2, 0.25) is 0 Å². The fourth-order valence-electron chi connectivity index (χ4n) is 2.84. The zero-order valence-corrected chi connectivity index (χ0v) is 15.1. The van der Waals surface area contributed by atoms with E-state index in [1.165, 1.54) is 10.9 Å². The van der Waals surface area contributed by atoms with E-state index in [2.05, 4.69) is 17.2 Å². The van der Waals surface area contributed by atoms with E-state index in [0.29, 0.717) is 31.6 Å². The fraction of sp³-hybridized carbons (Fsp3) is 0.368. The van der Waals surface area contributed by atoms with Gasteiger partial charge in [0.15, 0.2) is 0 Å². The molecule has 0 bridgehead atoms. The molecule has 1 aliphatic rings. The first-order valence-corrected chi connectivity index (χ1v) is 9.39. The molecule has 6 heteroatoms. The zero-order chi connectivity index (χ0) is 17.6. The number of thiazole rings is 1. The molecule has 0 spiro atoms. The lowest BCUT2D eigenvalue weighted by Crippen LogP contribution is -2.42. The summed E-state index contributed by atoms with van der Waals surface area (Å²) in [5, 5.41) is 4.00. The predicted molar refractivity (Wildman–Crippen MR) is 99.2 cm³/mol. The molecule has 1 aromatic heterocycles. The third-order valence-corrected chi connectivity index (χ3v) is 5.48. The van der Waals surface area contributed by atoms with Crippen molar-refractivity contribution in [3.05, 3.63) is 57.8 Å². The summed E-state index contributed by atoms with van der Waals surface area (Å²) in [4.78, 5) is 19.6. The van der Waals surface area contributed by atoms with Crippen molar-refractivity contribution in [1.29, 1.82) is 0 Å². The molecule has 0 radical (unpaired) electrons. The Balaban J connectivity index is 1.48. The molecule has 132 valence electrons. The number of nitrogens with one attached hydrogen (secondary N) is 1. The van der Waals surface area contributed by atoms with Crippen molar-refractivity contribution < 1.29 is 9.18 Å². The van der Waals surface area contributed by atoms with Crippen molar-refractivity contribution in [2.24, 2.45) is 0 Å². The standard InChI is InChI=1S/C19H22FN3OS/c1-2-15-13-22-18(25-15)7-10-21-19(24)23-11-8-14(9-12-23)16-5-3-4-6-17(16)20/h3-6,8,13H,2,7,9-12H2,1H3,(H,21,24). The fourth-order valence-corrected chi connectivity index (χ4v) is 3.70. The van der Waals surface area contributed by atoms with Crippen LogP contribution >= 0.6 is 11.3 Å². The normalized spacial score (nSPS) is 14.3. The third-order valence-electron chi connectivity index (χ3n) is 4.28.